The predicted octanol–water partition coefficient (Wildman–Crippen LogP) is 3.95. The molecule has 0 unspecified atom stereocenters. The smallest absolute Gasteiger partial charge is 0.336 e. The molecule has 0 radical (unpaired) electrons. The minimum atomic E-state index is -0.969. The second-order valence-corrected chi connectivity index (χ2v) is 4.27. The molecule has 76 valence electrons. The summed E-state index contributed by atoms with van der Waals surface area (Å²) in [5, 5.41) is 11.1. The van der Waals surface area contributed by atoms with Crippen LogP contribution in [0.1, 0.15) is 10.4 Å². The quantitative estimate of drug-likeness (QED) is 0.861. The standard InChI is InChI=1S/C11H6BrClO2/c12-10-7(11(14)15)5-4-6-2-1-3-8(13)9(6)10/h1-5H,(H,14,15). The second-order valence-electron chi connectivity index (χ2n) is 3.07. The van der Waals surface area contributed by atoms with Gasteiger partial charge < -0.3 is 5.11 Å². The molecule has 0 aliphatic rings. The van der Waals surface area contributed by atoms with E-state index in [9.17, 15) is 4.79 Å². The normalized spacial score (nSPS) is 10.5. The number of rotatable bonds is 1. The van der Waals surface area contributed by atoms with Crippen LogP contribution >= 0.6 is 27.5 Å². The summed E-state index contributed by atoms with van der Waals surface area (Å²) in [6.07, 6.45) is 0. The van der Waals surface area contributed by atoms with Gasteiger partial charge in [0.1, 0.15) is 0 Å². The highest BCUT2D eigenvalue weighted by atomic mass is 79.9. The Bertz CT molecular complexity index is 552. The highest BCUT2D eigenvalue weighted by molar-refractivity contribution is 9.10. The van der Waals surface area contributed by atoms with E-state index < -0.39 is 5.97 Å². The Morgan fingerprint density at radius 2 is 2.00 bits per heavy atom. The summed E-state index contributed by atoms with van der Waals surface area (Å²) in [5.41, 5.74) is 0.218. The first-order valence-corrected chi connectivity index (χ1v) is 5.38. The Kier molecular flexibility index (Phi) is 2.67. The molecule has 2 rings (SSSR count). The van der Waals surface area contributed by atoms with Crippen molar-refractivity contribution in [2.75, 3.05) is 0 Å². The van der Waals surface area contributed by atoms with Gasteiger partial charge >= 0.3 is 5.97 Å². The summed E-state index contributed by atoms with van der Waals surface area (Å²) >= 11 is 9.28. The van der Waals surface area contributed by atoms with Crippen LogP contribution in [-0.4, -0.2) is 11.1 Å². The Morgan fingerprint density at radius 1 is 1.27 bits per heavy atom. The fraction of sp³-hybridized carbons (Fsp3) is 0. The van der Waals surface area contributed by atoms with E-state index >= 15 is 0 Å². The van der Waals surface area contributed by atoms with Crippen LogP contribution in [-0.2, 0) is 0 Å². The average molecular weight is 286 g/mol. The number of carbonyl (C=O) groups is 1. The zero-order chi connectivity index (χ0) is 11.0. The number of carboxylic acid groups (broad SMARTS) is 1. The molecular formula is C11H6BrClO2. The molecule has 0 saturated heterocycles. The van der Waals surface area contributed by atoms with Gasteiger partial charge in [-0.2, -0.15) is 0 Å². The van der Waals surface area contributed by atoms with Gasteiger partial charge in [0.05, 0.1) is 5.56 Å². The molecule has 1 N–H and O–H groups in total. The SMILES string of the molecule is O=C(O)c1ccc2cccc(Cl)c2c1Br. The molecule has 2 nitrogen and oxygen atoms in total. The van der Waals surface area contributed by atoms with E-state index in [1.54, 1.807) is 18.2 Å². The lowest BCUT2D eigenvalue weighted by Gasteiger charge is -2.05. The van der Waals surface area contributed by atoms with Crippen molar-refractivity contribution in [3.8, 4) is 0 Å². The van der Waals surface area contributed by atoms with Crippen LogP contribution in [0.15, 0.2) is 34.8 Å². The molecule has 2 aromatic carbocycles. The second kappa shape index (κ2) is 3.83. The summed E-state index contributed by atoms with van der Waals surface area (Å²) in [6.45, 7) is 0. The van der Waals surface area contributed by atoms with E-state index in [1.807, 2.05) is 12.1 Å². The minimum Gasteiger partial charge on any atom is -0.478 e. The molecule has 0 spiro atoms. The molecule has 0 aliphatic heterocycles. The maximum Gasteiger partial charge on any atom is 0.336 e. The molecule has 0 bridgehead atoms. The van der Waals surface area contributed by atoms with Crippen molar-refractivity contribution in [3.05, 3.63) is 45.4 Å². The van der Waals surface area contributed by atoms with Gasteiger partial charge in [-0.3, -0.25) is 0 Å². The summed E-state index contributed by atoms with van der Waals surface area (Å²) in [4.78, 5) is 10.9. The summed E-state index contributed by atoms with van der Waals surface area (Å²) in [5.74, 6) is -0.969. The maximum atomic E-state index is 10.9. The van der Waals surface area contributed by atoms with Crippen LogP contribution in [0.5, 0.6) is 0 Å². The Balaban J connectivity index is 2.89. The maximum absolute atomic E-state index is 10.9. The number of hydrogen-bond donors (Lipinski definition) is 1. The van der Waals surface area contributed by atoms with E-state index in [2.05, 4.69) is 15.9 Å². The Hall–Kier alpha value is -1.06. The molecule has 0 aromatic heterocycles. The van der Waals surface area contributed by atoms with Crippen molar-refractivity contribution in [1.29, 1.82) is 0 Å². The Morgan fingerprint density at radius 3 is 2.67 bits per heavy atom. The van der Waals surface area contributed by atoms with E-state index in [0.29, 0.717) is 9.50 Å². The first-order chi connectivity index (χ1) is 7.11. The third-order valence-electron chi connectivity index (χ3n) is 2.16. The van der Waals surface area contributed by atoms with Gasteiger partial charge in [-0.05, 0) is 33.4 Å². The molecule has 0 heterocycles. The summed E-state index contributed by atoms with van der Waals surface area (Å²) < 4.78 is 0.526. The minimum absolute atomic E-state index is 0.218. The zero-order valence-corrected chi connectivity index (χ0v) is 9.84. The van der Waals surface area contributed by atoms with Crippen molar-refractivity contribution in [2.24, 2.45) is 0 Å². The van der Waals surface area contributed by atoms with Crippen molar-refractivity contribution in [3.63, 3.8) is 0 Å². The average Bonchev–Trinajstić information content (AvgIpc) is 2.17. The molecule has 2 aromatic rings. The van der Waals surface area contributed by atoms with Crippen molar-refractivity contribution >= 4 is 44.3 Å². The van der Waals surface area contributed by atoms with Gasteiger partial charge in [0.2, 0.25) is 0 Å². The first kappa shape index (κ1) is 10.5. The number of fused-ring (bicyclic) bond motifs is 1. The number of aromatic carboxylic acids is 1. The predicted molar refractivity (Wildman–Crippen MR) is 63.6 cm³/mol. The van der Waals surface area contributed by atoms with E-state index in [-0.39, 0.29) is 5.56 Å². The van der Waals surface area contributed by atoms with Gasteiger partial charge in [0, 0.05) is 14.9 Å². The number of halogens is 2. The molecule has 4 heteroatoms. The van der Waals surface area contributed by atoms with Crippen LogP contribution in [0.4, 0.5) is 0 Å². The lowest BCUT2D eigenvalue weighted by Crippen LogP contribution is -1.97. The molecule has 0 atom stereocenters. The van der Waals surface area contributed by atoms with Gasteiger partial charge in [-0.25, -0.2) is 4.79 Å². The molecule has 0 saturated carbocycles. The van der Waals surface area contributed by atoms with Gasteiger partial charge in [-0.15, -0.1) is 0 Å². The van der Waals surface area contributed by atoms with Crippen LogP contribution in [0.2, 0.25) is 5.02 Å². The van der Waals surface area contributed by atoms with E-state index in [0.717, 1.165) is 10.8 Å². The number of carboxylic acids is 1. The molecule has 0 amide bonds. The third kappa shape index (κ3) is 1.73. The van der Waals surface area contributed by atoms with Gasteiger partial charge in [0.15, 0.2) is 0 Å². The van der Waals surface area contributed by atoms with Crippen molar-refractivity contribution in [1.82, 2.24) is 0 Å². The van der Waals surface area contributed by atoms with E-state index in [1.165, 1.54) is 0 Å². The summed E-state index contributed by atoms with van der Waals surface area (Å²) in [6, 6.07) is 8.76. The monoisotopic (exact) mass is 284 g/mol. The molecule has 0 fully saturated rings. The lowest BCUT2D eigenvalue weighted by molar-refractivity contribution is 0.0696. The van der Waals surface area contributed by atoms with Crippen LogP contribution in [0.3, 0.4) is 0 Å². The molecule has 15 heavy (non-hydrogen) atoms. The highest BCUT2D eigenvalue weighted by Gasteiger charge is 2.12. The number of benzene rings is 2. The highest BCUT2D eigenvalue weighted by Crippen LogP contribution is 2.33. The van der Waals surface area contributed by atoms with Crippen LogP contribution < -0.4 is 0 Å². The topological polar surface area (TPSA) is 37.3 Å². The Labute approximate surface area is 99.6 Å². The van der Waals surface area contributed by atoms with E-state index in [4.69, 9.17) is 16.7 Å². The lowest BCUT2D eigenvalue weighted by atomic mass is 10.1. The molecular weight excluding hydrogens is 279 g/mol. The first-order valence-electron chi connectivity index (χ1n) is 4.21. The summed E-state index contributed by atoms with van der Waals surface area (Å²) in [7, 11) is 0. The van der Waals surface area contributed by atoms with Crippen molar-refractivity contribution in [2.45, 2.75) is 0 Å². The van der Waals surface area contributed by atoms with Gasteiger partial charge in [0.25, 0.3) is 0 Å². The van der Waals surface area contributed by atoms with Gasteiger partial charge in [-0.1, -0.05) is 29.8 Å². The number of hydrogen-bond acceptors (Lipinski definition) is 1. The molecule has 0 aliphatic carbocycles. The zero-order valence-electron chi connectivity index (χ0n) is 7.50. The van der Waals surface area contributed by atoms with Crippen molar-refractivity contribution < 1.29 is 9.90 Å². The third-order valence-corrected chi connectivity index (χ3v) is 3.30. The fourth-order valence-corrected chi connectivity index (χ4v) is 2.59. The van der Waals surface area contributed by atoms with Crippen LogP contribution in [0.25, 0.3) is 10.8 Å². The fourth-order valence-electron chi connectivity index (χ4n) is 1.46. The largest absolute Gasteiger partial charge is 0.478 e. The van der Waals surface area contributed by atoms with Crippen LogP contribution in [0, 0.1) is 0 Å².